The third kappa shape index (κ3) is 4.73. The fraction of sp³-hybridized carbons (Fsp3) is 0.286. The highest BCUT2D eigenvalue weighted by Crippen LogP contribution is 2.34. The largest absolute Gasteiger partial charge is 0.490 e. The first-order valence-corrected chi connectivity index (χ1v) is 10.5. The molecule has 0 fully saturated rings. The molecule has 0 saturated carbocycles. The first-order chi connectivity index (χ1) is 14.6. The standard InChI is InChI=1S/C21H21FN4O3S/c1-26-20(15-5-8-17-18(11-15)29-10-2-9-28-17)24-25-21(26)30-13-19(27)23-12-14-3-6-16(22)7-4-14/h3-8,11H,2,9-10,12-13H2,1H3,(H,23,27). The van der Waals surface area contributed by atoms with Crippen molar-refractivity contribution in [3.63, 3.8) is 0 Å². The van der Waals surface area contributed by atoms with Gasteiger partial charge in [0.1, 0.15) is 5.82 Å². The lowest BCUT2D eigenvalue weighted by Gasteiger charge is -2.09. The van der Waals surface area contributed by atoms with Gasteiger partial charge >= 0.3 is 0 Å². The van der Waals surface area contributed by atoms with Gasteiger partial charge in [-0.3, -0.25) is 4.79 Å². The molecule has 4 rings (SSSR count). The lowest BCUT2D eigenvalue weighted by Crippen LogP contribution is -2.24. The molecule has 0 saturated heterocycles. The van der Waals surface area contributed by atoms with Crippen molar-refractivity contribution in [1.82, 2.24) is 20.1 Å². The quantitative estimate of drug-likeness (QED) is 0.608. The summed E-state index contributed by atoms with van der Waals surface area (Å²) in [6.45, 7) is 1.60. The number of amides is 1. The topological polar surface area (TPSA) is 78.3 Å². The second-order valence-corrected chi connectivity index (χ2v) is 7.71. The van der Waals surface area contributed by atoms with E-state index in [9.17, 15) is 9.18 Å². The summed E-state index contributed by atoms with van der Waals surface area (Å²) in [5, 5.41) is 11.9. The number of carbonyl (C=O) groups is 1. The molecule has 0 aliphatic carbocycles. The van der Waals surface area contributed by atoms with E-state index in [1.54, 1.807) is 12.1 Å². The summed E-state index contributed by atoms with van der Waals surface area (Å²) in [4.78, 5) is 12.1. The molecule has 1 aliphatic heterocycles. The molecule has 0 bridgehead atoms. The summed E-state index contributed by atoms with van der Waals surface area (Å²) < 4.78 is 26.2. The Morgan fingerprint density at radius 1 is 1.13 bits per heavy atom. The minimum atomic E-state index is -0.299. The minimum Gasteiger partial charge on any atom is -0.490 e. The van der Waals surface area contributed by atoms with E-state index in [2.05, 4.69) is 15.5 Å². The van der Waals surface area contributed by atoms with Crippen LogP contribution in [0.2, 0.25) is 0 Å². The van der Waals surface area contributed by atoms with Gasteiger partial charge in [0, 0.05) is 25.6 Å². The smallest absolute Gasteiger partial charge is 0.230 e. The average Bonchev–Trinajstić information content (AvgIpc) is 2.96. The molecule has 0 spiro atoms. The molecule has 1 aromatic heterocycles. The maximum atomic E-state index is 12.9. The molecule has 7 nitrogen and oxygen atoms in total. The summed E-state index contributed by atoms with van der Waals surface area (Å²) in [7, 11) is 1.86. The van der Waals surface area contributed by atoms with Crippen LogP contribution in [0.1, 0.15) is 12.0 Å². The zero-order valence-electron chi connectivity index (χ0n) is 16.4. The molecule has 2 heterocycles. The summed E-state index contributed by atoms with van der Waals surface area (Å²) in [5.41, 5.74) is 1.70. The highest BCUT2D eigenvalue weighted by Gasteiger charge is 2.16. The molecule has 1 aliphatic rings. The van der Waals surface area contributed by atoms with Gasteiger partial charge in [0.05, 0.1) is 19.0 Å². The number of thioether (sulfide) groups is 1. The Morgan fingerprint density at radius 3 is 2.70 bits per heavy atom. The van der Waals surface area contributed by atoms with E-state index >= 15 is 0 Å². The third-order valence-corrected chi connectivity index (χ3v) is 5.60. The Balaban J connectivity index is 1.37. The van der Waals surface area contributed by atoms with Crippen LogP contribution in [-0.2, 0) is 18.4 Å². The third-order valence-electron chi connectivity index (χ3n) is 4.58. The number of nitrogens with zero attached hydrogens (tertiary/aromatic N) is 3. The van der Waals surface area contributed by atoms with Crippen LogP contribution in [0.4, 0.5) is 4.39 Å². The van der Waals surface area contributed by atoms with Gasteiger partial charge in [-0.25, -0.2) is 4.39 Å². The second kappa shape index (κ2) is 9.17. The van der Waals surface area contributed by atoms with Gasteiger partial charge in [-0.2, -0.15) is 0 Å². The van der Waals surface area contributed by atoms with Gasteiger partial charge in [-0.15, -0.1) is 10.2 Å². The molecular weight excluding hydrogens is 407 g/mol. The fourth-order valence-corrected chi connectivity index (χ4v) is 3.72. The molecule has 0 radical (unpaired) electrons. The number of nitrogens with one attached hydrogen (secondary N) is 1. The highest BCUT2D eigenvalue weighted by atomic mass is 32.2. The summed E-state index contributed by atoms with van der Waals surface area (Å²) in [6, 6.07) is 11.7. The zero-order chi connectivity index (χ0) is 20.9. The zero-order valence-corrected chi connectivity index (χ0v) is 17.2. The number of benzene rings is 2. The second-order valence-electron chi connectivity index (χ2n) is 6.77. The van der Waals surface area contributed by atoms with Crippen molar-refractivity contribution in [1.29, 1.82) is 0 Å². The number of hydrogen-bond acceptors (Lipinski definition) is 6. The molecule has 1 N–H and O–H groups in total. The van der Waals surface area contributed by atoms with Crippen LogP contribution < -0.4 is 14.8 Å². The van der Waals surface area contributed by atoms with Crippen LogP contribution in [-0.4, -0.2) is 39.6 Å². The summed E-state index contributed by atoms with van der Waals surface area (Å²) in [6.07, 6.45) is 0.845. The Bertz CT molecular complexity index is 1040. The highest BCUT2D eigenvalue weighted by molar-refractivity contribution is 7.99. The predicted molar refractivity (Wildman–Crippen MR) is 111 cm³/mol. The van der Waals surface area contributed by atoms with Crippen LogP contribution in [0.3, 0.4) is 0 Å². The molecule has 0 atom stereocenters. The van der Waals surface area contributed by atoms with Gasteiger partial charge in [0.25, 0.3) is 0 Å². The van der Waals surface area contributed by atoms with E-state index in [1.807, 2.05) is 29.8 Å². The van der Waals surface area contributed by atoms with Crippen molar-refractivity contribution in [2.45, 2.75) is 18.1 Å². The Morgan fingerprint density at radius 2 is 1.90 bits per heavy atom. The molecule has 9 heteroatoms. The summed E-state index contributed by atoms with van der Waals surface area (Å²) in [5.74, 6) is 1.87. The van der Waals surface area contributed by atoms with Crippen LogP contribution in [0, 0.1) is 5.82 Å². The van der Waals surface area contributed by atoms with Crippen LogP contribution in [0.25, 0.3) is 11.4 Å². The van der Waals surface area contributed by atoms with Crippen LogP contribution >= 0.6 is 11.8 Å². The fourth-order valence-electron chi connectivity index (χ4n) is 2.98. The first kappa shape index (κ1) is 20.2. The van der Waals surface area contributed by atoms with Crippen LogP contribution in [0.5, 0.6) is 11.5 Å². The molecular formula is C21H21FN4O3S. The lowest BCUT2D eigenvalue weighted by atomic mass is 10.2. The van der Waals surface area contributed by atoms with Gasteiger partial charge in [-0.05, 0) is 35.9 Å². The van der Waals surface area contributed by atoms with E-state index in [0.717, 1.165) is 23.3 Å². The van der Waals surface area contributed by atoms with E-state index in [4.69, 9.17) is 9.47 Å². The number of hydrogen-bond donors (Lipinski definition) is 1. The Kier molecular flexibility index (Phi) is 6.18. The van der Waals surface area contributed by atoms with Gasteiger partial charge in [0.2, 0.25) is 5.91 Å². The number of halogens is 1. The normalized spacial score (nSPS) is 13.0. The van der Waals surface area contributed by atoms with E-state index in [-0.39, 0.29) is 17.5 Å². The van der Waals surface area contributed by atoms with Gasteiger partial charge in [-0.1, -0.05) is 23.9 Å². The number of carbonyl (C=O) groups excluding carboxylic acids is 1. The van der Waals surface area contributed by atoms with Crippen molar-refractivity contribution in [2.75, 3.05) is 19.0 Å². The first-order valence-electron chi connectivity index (χ1n) is 9.53. The van der Waals surface area contributed by atoms with E-state index in [1.165, 1.54) is 23.9 Å². The number of fused-ring (bicyclic) bond motifs is 1. The summed E-state index contributed by atoms with van der Waals surface area (Å²) >= 11 is 1.30. The van der Waals surface area contributed by atoms with Crippen molar-refractivity contribution >= 4 is 17.7 Å². The van der Waals surface area contributed by atoms with Crippen molar-refractivity contribution in [3.8, 4) is 22.9 Å². The van der Waals surface area contributed by atoms with Crippen molar-refractivity contribution in [2.24, 2.45) is 7.05 Å². The predicted octanol–water partition coefficient (Wildman–Crippen LogP) is 3.19. The molecule has 2 aromatic carbocycles. The SMILES string of the molecule is Cn1c(SCC(=O)NCc2ccc(F)cc2)nnc1-c1ccc2c(c1)OCCCO2. The molecule has 0 unspecified atom stereocenters. The van der Waals surface area contributed by atoms with Crippen molar-refractivity contribution in [3.05, 3.63) is 53.8 Å². The molecule has 156 valence electrons. The van der Waals surface area contributed by atoms with Gasteiger partial charge in [0.15, 0.2) is 22.5 Å². The van der Waals surface area contributed by atoms with E-state index < -0.39 is 0 Å². The Labute approximate surface area is 177 Å². The Hall–Kier alpha value is -3.07. The number of aromatic nitrogens is 3. The lowest BCUT2D eigenvalue weighted by molar-refractivity contribution is -0.118. The van der Waals surface area contributed by atoms with Crippen molar-refractivity contribution < 1.29 is 18.7 Å². The maximum Gasteiger partial charge on any atom is 0.230 e. The molecule has 30 heavy (non-hydrogen) atoms. The number of rotatable bonds is 6. The average molecular weight is 428 g/mol. The van der Waals surface area contributed by atoms with E-state index in [0.29, 0.717) is 36.5 Å². The maximum absolute atomic E-state index is 12.9. The monoisotopic (exact) mass is 428 g/mol. The molecule has 3 aromatic rings. The minimum absolute atomic E-state index is 0.135. The number of ether oxygens (including phenoxy) is 2. The van der Waals surface area contributed by atoms with Gasteiger partial charge < -0.3 is 19.4 Å². The molecule has 1 amide bonds. The van der Waals surface area contributed by atoms with Crippen LogP contribution in [0.15, 0.2) is 47.6 Å².